The number of hydrogen-bond acceptors (Lipinski definition) is 5. The summed E-state index contributed by atoms with van der Waals surface area (Å²) >= 11 is 5.83. The SMILES string of the molecule is CC(=N)C(C(=O)COc1ccc(Cl)cc1)c1nc2cccnc2n1C. The van der Waals surface area contributed by atoms with E-state index in [1.807, 2.05) is 6.07 Å². The monoisotopic (exact) mass is 356 g/mol. The molecular formula is C18H17ClN4O2. The van der Waals surface area contributed by atoms with Crippen molar-refractivity contribution in [2.75, 3.05) is 6.61 Å². The predicted octanol–water partition coefficient (Wildman–Crippen LogP) is 3.39. The largest absolute Gasteiger partial charge is 0.486 e. The standard InChI is InChI=1S/C18H17ClN4O2/c1-11(20)16(15(24)10-25-13-7-5-12(19)6-8-13)18-22-14-4-3-9-21-17(14)23(18)2/h3-9,16,20H,10H2,1-2H3. The number of ketones is 1. The number of imidazole rings is 1. The van der Waals surface area contributed by atoms with Crippen LogP contribution in [0, 0.1) is 5.41 Å². The van der Waals surface area contributed by atoms with E-state index in [2.05, 4.69) is 9.97 Å². The molecule has 0 aliphatic rings. The van der Waals surface area contributed by atoms with Crippen LogP contribution in [0.25, 0.3) is 11.2 Å². The molecule has 7 heteroatoms. The van der Waals surface area contributed by atoms with E-state index in [1.165, 1.54) is 0 Å². The Morgan fingerprint density at radius 2 is 2.04 bits per heavy atom. The average Bonchev–Trinajstić information content (AvgIpc) is 2.91. The third-order valence-electron chi connectivity index (χ3n) is 3.87. The lowest BCUT2D eigenvalue weighted by molar-refractivity contribution is -0.121. The lowest BCUT2D eigenvalue weighted by atomic mass is 9.98. The molecule has 3 rings (SSSR count). The summed E-state index contributed by atoms with van der Waals surface area (Å²) in [5.74, 6) is 0.0315. The first-order valence-corrected chi connectivity index (χ1v) is 8.08. The number of Topliss-reactive ketones (excluding diaryl/α,β-unsaturated/α-hetero) is 1. The summed E-state index contributed by atoms with van der Waals surface area (Å²) in [5, 5.41) is 8.63. The molecule has 0 aliphatic heterocycles. The second-order valence-corrected chi connectivity index (χ2v) is 6.14. The lowest BCUT2D eigenvalue weighted by Gasteiger charge is -2.15. The highest BCUT2D eigenvalue weighted by Crippen LogP contribution is 2.22. The van der Waals surface area contributed by atoms with E-state index in [4.69, 9.17) is 21.7 Å². The first kappa shape index (κ1) is 17.1. The second-order valence-electron chi connectivity index (χ2n) is 5.70. The number of carbonyl (C=O) groups is 1. The minimum Gasteiger partial charge on any atom is -0.486 e. The second kappa shape index (κ2) is 7.03. The van der Waals surface area contributed by atoms with Gasteiger partial charge in [0, 0.05) is 24.0 Å². The third kappa shape index (κ3) is 3.53. The number of rotatable bonds is 6. The Kier molecular flexibility index (Phi) is 4.81. The zero-order valence-electron chi connectivity index (χ0n) is 13.9. The van der Waals surface area contributed by atoms with Crippen LogP contribution in [0.2, 0.25) is 5.02 Å². The maximum Gasteiger partial charge on any atom is 0.186 e. The Bertz CT molecular complexity index is 934. The first-order chi connectivity index (χ1) is 12.0. The van der Waals surface area contributed by atoms with Gasteiger partial charge in [0.1, 0.15) is 29.6 Å². The Morgan fingerprint density at radius 3 is 2.68 bits per heavy atom. The highest BCUT2D eigenvalue weighted by atomic mass is 35.5. The van der Waals surface area contributed by atoms with Crippen LogP contribution < -0.4 is 4.74 Å². The summed E-state index contributed by atoms with van der Waals surface area (Å²) in [7, 11) is 1.79. The number of nitrogens with one attached hydrogen (secondary N) is 1. The van der Waals surface area contributed by atoms with Crippen LogP contribution in [0.4, 0.5) is 0 Å². The van der Waals surface area contributed by atoms with Gasteiger partial charge in [-0.1, -0.05) is 11.6 Å². The molecule has 0 radical (unpaired) electrons. The number of aryl methyl sites for hydroxylation is 1. The molecule has 1 aromatic carbocycles. The number of pyridine rings is 1. The molecule has 3 aromatic rings. The molecule has 1 atom stereocenters. The first-order valence-electron chi connectivity index (χ1n) is 7.71. The molecule has 2 aromatic heterocycles. The van der Waals surface area contributed by atoms with Crippen molar-refractivity contribution in [3.63, 3.8) is 0 Å². The van der Waals surface area contributed by atoms with Gasteiger partial charge in [0.05, 0.1) is 0 Å². The average molecular weight is 357 g/mol. The van der Waals surface area contributed by atoms with Gasteiger partial charge >= 0.3 is 0 Å². The van der Waals surface area contributed by atoms with Crippen molar-refractivity contribution in [2.45, 2.75) is 12.8 Å². The molecule has 0 fully saturated rings. The predicted molar refractivity (Wildman–Crippen MR) is 96.6 cm³/mol. The summed E-state index contributed by atoms with van der Waals surface area (Å²) in [6.45, 7) is 1.44. The van der Waals surface area contributed by atoms with E-state index in [-0.39, 0.29) is 18.1 Å². The molecule has 25 heavy (non-hydrogen) atoms. The van der Waals surface area contributed by atoms with E-state index in [0.29, 0.717) is 27.8 Å². The van der Waals surface area contributed by atoms with Crippen LogP contribution in [0.3, 0.4) is 0 Å². The van der Waals surface area contributed by atoms with Crippen LogP contribution in [0.5, 0.6) is 5.75 Å². The van der Waals surface area contributed by atoms with Crippen LogP contribution in [0.1, 0.15) is 18.7 Å². The molecule has 1 unspecified atom stereocenters. The van der Waals surface area contributed by atoms with E-state index in [0.717, 1.165) is 0 Å². The number of ether oxygens (including phenoxy) is 1. The molecule has 0 aliphatic carbocycles. The molecule has 0 spiro atoms. The van der Waals surface area contributed by atoms with Gasteiger partial charge in [-0.2, -0.15) is 0 Å². The van der Waals surface area contributed by atoms with Gasteiger partial charge in [-0.25, -0.2) is 9.97 Å². The van der Waals surface area contributed by atoms with Crippen LogP contribution in [-0.2, 0) is 11.8 Å². The van der Waals surface area contributed by atoms with Gasteiger partial charge in [-0.3, -0.25) is 4.79 Å². The number of nitrogens with zero attached hydrogens (tertiary/aromatic N) is 3. The summed E-state index contributed by atoms with van der Waals surface area (Å²) in [4.78, 5) is 21.5. The molecule has 0 bridgehead atoms. The Hall–Kier alpha value is -2.73. The van der Waals surface area contributed by atoms with Crippen molar-refractivity contribution in [3.8, 4) is 5.75 Å². The quantitative estimate of drug-likeness (QED) is 0.686. The number of hydrogen-bond donors (Lipinski definition) is 1. The van der Waals surface area contributed by atoms with Crippen molar-refractivity contribution < 1.29 is 9.53 Å². The summed E-state index contributed by atoms with van der Waals surface area (Å²) < 4.78 is 7.28. The Labute approximate surface area is 149 Å². The fourth-order valence-electron chi connectivity index (χ4n) is 2.65. The topological polar surface area (TPSA) is 80.9 Å². The van der Waals surface area contributed by atoms with Gasteiger partial charge in [0.25, 0.3) is 0 Å². The molecule has 6 nitrogen and oxygen atoms in total. The van der Waals surface area contributed by atoms with Crippen LogP contribution >= 0.6 is 11.6 Å². The smallest absolute Gasteiger partial charge is 0.186 e. The van der Waals surface area contributed by atoms with Crippen molar-refractivity contribution in [1.82, 2.24) is 14.5 Å². The van der Waals surface area contributed by atoms with Crippen molar-refractivity contribution in [2.24, 2.45) is 7.05 Å². The molecule has 128 valence electrons. The minimum atomic E-state index is -0.772. The van der Waals surface area contributed by atoms with Gasteiger partial charge in [0.2, 0.25) is 0 Å². The third-order valence-corrected chi connectivity index (χ3v) is 4.12. The molecule has 0 amide bonds. The lowest BCUT2D eigenvalue weighted by Crippen LogP contribution is -2.27. The molecule has 2 heterocycles. The Morgan fingerprint density at radius 1 is 1.32 bits per heavy atom. The molecular weight excluding hydrogens is 340 g/mol. The fraction of sp³-hybridized carbons (Fsp3) is 0.222. The maximum atomic E-state index is 12.7. The number of carbonyl (C=O) groups excluding carboxylic acids is 1. The van der Waals surface area contributed by atoms with Gasteiger partial charge < -0.3 is 14.7 Å². The molecule has 1 N–H and O–H groups in total. The van der Waals surface area contributed by atoms with Crippen LogP contribution in [-0.4, -0.2) is 32.6 Å². The zero-order valence-corrected chi connectivity index (χ0v) is 14.6. The van der Waals surface area contributed by atoms with Gasteiger partial charge in [-0.15, -0.1) is 0 Å². The van der Waals surface area contributed by atoms with Crippen LogP contribution in [0.15, 0.2) is 42.6 Å². The number of halogens is 1. The molecule has 0 saturated heterocycles. The van der Waals surface area contributed by atoms with Gasteiger partial charge in [-0.05, 0) is 43.3 Å². The Balaban J connectivity index is 1.84. The normalized spacial score (nSPS) is 12.1. The van der Waals surface area contributed by atoms with Gasteiger partial charge in [0.15, 0.2) is 11.4 Å². The highest BCUT2D eigenvalue weighted by molar-refractivity contribution is 6.30. The van der Waals surface area contributed by atoms with E-state index in [1.54, 1.807) is 55.1 Å². The maximum absolute atomic E-state index is 12.7. The summed E-state index contributed by atoms with van der Waals surface area (Å²) in [5.41, 5.74) is 1.58. The van der Waals surface area contributed by atoms with Crippen molar-refractivity contribution >= 4 is 34.3 Å². The number of benzene rings is 1. The number of aromatic nitrogens is 3. The zero-order chi connectivity index (χ0) is 18.0. The molecule has 0 saturated carbocycles. The number of fused-ring (bicyclic) bond motifs is 1. The van der Waals surface area contributed by atoms with Crippen molar-refractivity contribution in [3.05, 3.63) is 53.4 Å². The minimum absolute atomic E-state index is 0.154. The van der Waals surface area contributed by atoms with Crippen molar-refractivity contribution in [1.29, 1.82) is 5.41 Å². The summed E-state index contributed by atoms with van der Waals surface area (Å²) in [6, 6.07) is 10.4. The summed E-state index contributed by atoms with van der Waals surface area (Å²) in [6.07, 6.45) is 1.67. The fourth-order valence-corrected chi connectivity index (χ4v) is 2.77. The van der Waals surface area contributed by atoms with E-state index >= 15 is 0 Å². The highest BCUT2D eigenvalue weighted by Gasteiger charge is 2.28. The van der Waals surface area contributed by atoms with E-state index in [9.17, 15) is 4.79 Å². The van der Waals surface area contributed by atoms with E-state index < -0.39 is 5.92 Å².